The van der Waals surface area contributed by atoms with Gasteiger partial charge in [0.1, 0.15) is 9.88 Å². The van der Waals surface area contributed by atoms with Crippen molar-refractivity contribution in [1.29, 1.82) is 0 Å². The first kappa shape index (κ1) is 16.4. The lowest BCUT2D eigenvalue weighted by atomic mass is 10.2. The molecule has 0 aliphatic heterocycles. The van der Waals surface area contributed by atoms with Gasteiger partial charge >= 0.3 is 0 Å². The first-order chi connectivity index (χ1) is 8.71. The lowest BCUT2D eigenvalue weighted by Gasteiger charge is -2.23. The van der Waals surface area contributed by atoms with E-state index in [4.69, 9.17) is 29.6 Å². The average Bonchev–Trinajstić information content (AvgIpc) is 2.36. The van der Waals surface area contributed by atoms with Crippen molar-refractivity contribution in [3.05, 3.63) is 28.8 Å². The zero-order chi connectivity index (χ0) is 14.8. The summed E-state index contributed by atoms with van der Waals surface area (Å²) in [5.74, 6) is 0. The number of halogens is 1. The number of hydrogen-bond acceptors (Lipinski definition) is 3. The monoisotopic (exact) mass is 320 g/mol. The summed E-state index contributed by atoms with van der Waals surface area (Å²) in [6, 6.07) is 4.37. The van der Waals surface area contributed by atoms with Crippen LogP contribution in [0.1, 0.15) is 25.8 Å². The van der Waals surface area contributed by atoms with Crippen LogP contribution in [-0.4, -0.2) is 30.8 Å². The summed E-state index contributed by atoms with van der Waals surface area (Å²) in [4.78, 5) is 0.248. The maximum Gasteiger partial charge on any atom is 0.244 e. The quantitative estimate of drug-likeness (QED) is 0.846. The van der Waals surface area contributed by atoms with Gasteiger partial charge in [0, 0.05) is 18.7 Å². The van der Waals surface area contributed by atoms with Crippen molar-refractivity contribution in [3.8, 4) is 0 Å². The molecule has 0 aromatic heterocycles. The van der Waals surface area contributed by atoms with E-state index in [9.17, 15) is 8.42 Å². The van der Waals surface area contributed by atoms with Crippen LogP contribution in [0.25, 0.3) is 0 Å². The molecule has 1 rings (SSSR count). The Morgan fingerprint density at radius 1 is 1.53 bits per heavy atom. The predicted molar refractivity (Wildman–Crippen MR) is 82.0 cm³/mol. The van der Waals surface area contributed by atoms with Gasteiger partial charge in [-0.25, -0.2) is 8.42 Å². The van der Waals surface area contributed by atoms with E-state index < -0.39 is 10.0 Å². The highest BCUT2D eigenvalue weighted by atomic mass is 35.5. The summed E-state index contributed by atoms with van der Waals surface area (Å²) < 4.78 is 26.1. The topological polar surface area (TPSA) is 63.4 Å². The van der Waals surface area contributed by atoms with E-state index >= 15 is 0 Å². The molecule has 0 saturated carbocycles. The van der Waals surface area contributed by atoms with Gasteiger partial charge in [0.05, 0.1) is 5.02 Å². The minimum absolute atomic E-state index is 0.0666. The highest BCUT2D eigenvalue weighted by molar-refractivity contribution is 7.89. The summed E-state index contributed by atoms with van der Waals surface area (Å²) in [6.45, 7) is 3.77. The summed E-state index contributed by atoms with van der Waals surface area (Å²) in [7, 11) is -2.06. The van der Waals surface area contributed by atoms with Crippen molar-refractivity contribution in [3.63, 3.8) is 0 Å². The van der Waals surface area contributed by atoms with E-state index in [0.29, 0.717) is 5.56 Å². The number of thiocarbonyl (C=S) groups is 1. The molecule has 19 heavy (non-hydrogen) atoms. The van der Waals surface area contributed by atoms with Gasteiger partial charge in [0.2, 0.25) is 10.0 Å². The fraction of sp³-hybridized carbons (Fsp3) is 0.417. The molecule has 0 aliphatic rings. The molecule has 0 heterocycles. The van der Waals surface area contributed by atoms with Gasteiger partial charge < -0.3 is 5.73 Å². The van der Waals surface area contributed by atoms with Gasteiger partial charge in [-0.3, -0.25) is 0 Å². The number of benzene rings is 1. The molecule has 2 N–H and O–H groups in total. The standard InChI is InChI=1S/C12H17ClN2O2S2/c1-4-8(2)15(3)19(16,17)11-6-5-9(12(14)18)7-10(11)13/h5-8H,4H2,1-3H3,(H2,14,18). The maximum atomic E-state index is 12.4. The van der Waals surface area contributed by atoms with Gasteiger partial charge in [-0.15, -0.1) is 0 Å². The zero-order valence-electron chi connectivity index (χ0n) is 11.1. The molecule has 0 bridgehead atoms. The predicted octanol–water partition coefficient (Wildman–Crippen LogP) is 2.39. The van der Waals surface area contributed by atoms with Crippen molar-refractivity contribution < 1.29 is 8.42 Å². The molecule has 0 spiro atoms. The lowest BCUT2D eigenvalue weighted by Crippen LogP contribution is -2.34. The molecule has 0 fully saturated rings. The minimum atomic E-state index is -3.61. The minimum Gasteiger partial charge on any atom is -0.389 e. The zero-order valence-corrected chi connectivity index (χ0v) is 13.4. The van der Waals surface area contributed by atoms with Crippen LogP contribution in [0.5, 0.6) is 0 Å². The molecule has 4 nitrogen and oxygen atoms in total. The second-order valence-electron chi connectivity index (χ2n) is 4.29. The number of rotatable bonds is 5. The lowest BCUT2D eigenvalue weighted by molar-refractivity contribution is 0.380. The Kier molecular flexibility index (Phi) is 5.32. The molecule has 0 amide bonds. The van der Waals surface area contributed by atoms with Gasteiger partial charge in [-0.05, 0) is 25.5 Å². The Morgan fingerprint density at radius 3 is 2.53 bits per heavy atom. The van der Waals surface area contributed by atoms with Crippen molar-refractivity contribution in [2.75, 3.05) is 7.05 Å². The highest BCUT2D eigenvalue weighted by Crippen LogP contribution is 2.26. The van der Waals surface area contributed by atoms with E-state index in [0.717, 1.165) is 6.42 Å². The summed E-state index contributed by atoms with van der Waals surface area (Å²) in [5, 5.41) is 0.125. The molecule has 1 atom stereocenters. The fourth-order valence-electron chi connectivity index (χ4n) is 1.51. The number of nitrogens with zero attached hydrogens (tertiary/aromatic N) is 1. The maximum absolute atomic E-state index is 12.4. The molecule has 106 valence electrons. The van der Waals surface area contributed by atoms with Crippen LogP contribution in [0, 0.1) is 0 Å². The van der Waals surface area contributed by atoms with Crippen molar-refractivity contribution >= 4 is 38.8 Å². The molecule has 0 saturated heterocycles. The smallest absolute Gasteiger partial charge is 0.244 e. The van der Waals surface area contributed by atoms with E-state index in [2.05, 4.69) is 0 Å². The SMILES string of the molecule is CCC(C)N(C)S(=O)(=O)c1ccc(C(N)=S)cc1Cl. The van der Waals surface area contributed by atoms with E-state index in [1.165, 1.54) is 16.4 Å². The van der Waals surface area contributed by atoms with Crippen LogP contribution < -0.4 is 5.73 Å². The molecule has 1 unspecified atom stereocenters. The Morgan fingerprint density at radius 2 is 2.11 bits per heavy atom. The summed E-state index contributed by atoms with van der Waals surface area (Å²) >= 11 is 10.9. The van der Waals surface area contributed by atoms with E-state index in [1.54, 1.807) is 13.1 Å². The highest BCUT2D eigenvalue weighted by Gasteiger charge is 2.26. The van der Waals surface area contributed by atoms with Crippen molar-refractivity contribution in [2.45, 2.75) is 31.2 Å². The van der Waals surface area contributed by atoms with Crippen LogP contribution in [0.4, 0.5) is 0 Å². The first-order valence-electron chi connectivity index (χ1n) is 5.79. The average molecular weight is 321 g/mol. The normalized spacial score (nSPS) is 13.5. The van der Waals surface area contributed by atoms with E-state index in [-0.39, 0.29) is 20.9 Å². The molecular formula is C12H17ClN2O2S2. The number of nitrogens with two attached hydrogens (primary N) is 1. The molecule has 1 aromatic rings. The van der Waals surface area contributed by atoms with Crippen LogP contribution in [0.15, 0.2) is 23.1 Å². The largest absolute Gasteiger partial charge is 0.389 e. The third-order valence-corrected chi connectivity index (χ3v) is 5.78. The molecule has 7 heteroatoms. The Hall–Kier alpha value is -0.690. The number of hydrogen-bond donors (Lipinski definition) is 1. The summed E-state index contributed by atoms with van der Waals surface area (Å²) in [5.41, 5.74) is 6.03. The molecule has 0 radical (unpaired) electrons. The number of sulfonamides is 1. The first-order valence-corrected chi connectivity index (χ1v) is 8.01. The van der Waals surface area contributed by atoms with Crippen LogP contribution in [-0.2, 0) is 10.0 Å². The molecule has 0 aliphatic carbocycles. The summed E-state index contributed by atoms with van der Waals surface area (Å²) in [6.07, 6.45) is 0.721. The Bertz CT molecular complexity index is 587. The Balaban J connectivity index is 3.27. The molecule has 1 aromatic carbocycles. The van der Waals surface area contributed by atoms with Gasteiger partial charge in [0.15, 0.2) is 0 Å². The van der Waals surface area contributed by atoms with Crippen LogP contribution >= 0.6 is 23.8 Å². The van der Waals surface area contributed by atoms with Gasteiger partial charge in [-0.1, -0.05) is 36.8 Å². The van der Waals surface area contributed by atoms with E-state index in [1.807, 2.05) is 13.8 Å². The second kappa shape index (κ2) is 6.17. The Labute approximate surface area is 124 Å². The van der Waals surface area contributed by atoms with Crippen molar-refractivity contribution in [2.24, 2.45) is 5.73 Å². The van der Waals surface area contributed by atoms with Gasteiger partial charge in [0.25, 0.3) is 0 Å². The van der Waals surface area contributed by atoms with Crippen molar-refractivity contribution in [1.82, 2.24) is 4.31 Å². The van der Waals surface area contributed by atoms with Crippen LogP contribution in [0.2, 0.25) is 5.02 Å². The second-order valence-corrected chi connectivity index (χ2v) is 7.10. The fourth-order valence-corrected chi connectivity index (χ4v) is 3.59. The van der Waals surface area contributed by atoms with Gasteiger partial charge in [-0.2, -0.15) is 4.31 Å². The van der Waals surface area contributed by atoms with Crippen LogP contribution in [0.3, 0.4) is 0 Å². The third-order valence-electron chi connectivity index (χ3n) is 3.08. The molecular weight excluding hydrogens is 304 g/mol. The third kappa shape index (κ3) is 3.45.